The third-order valence-electron chi connectivity index (χ3n) is 5.10. The number of rotatable bonds is 6. The molecule has 2 aromatic carbocycles. The molecule has 0 N–H and O–H groups in total. The molecule has 0 unspecified atom stereocenters. The van der Waals surface area contributed by atoms with E-state index in [2.05, 4.69) is 36.9 Å². The summed E-state index contributed by atoms with van der Waals surface area (Å²) < 4.78 is 6.30. The molecular weight excluding hydrogens is 294 g/mol. The minimum Gasteiger partial charge on any atom is -0.457 e. The maximum absolute atomic E-state index is 6.30. The van der Waals surface area contributed by atoms with Gasteiger partial charge >= 0.3 is 0 Å². The van der Waals surface area contributed by atoms with E-state index < -0.39 is 0 Å². The molecule has 0 radical (unpaired) electrons. The number of benzene rings is 2. The van der Waals surface area contributed by atoms with Crippen molar-refractivity contribution in [3.05, 3.63) is 54.1 Å². The monoisotopic (exact) mass is 323 g/mol. The minimum absolute atomic E-state index is 0.543. The molecule has 0 saturated carbocycles. The van der Waals surface area contributed by atoms with Gasteiger partial charge in [-0.15, -0.1) is 0 Å². The molecule has 2 nitrogen and oxygen atoms in total. The molecule has 1 aliphatic rings. The lowest BCUT2D eigenvalue weighted by Gasteiger charge is -2.33. The number of hydrogen-bond donors (Lipinski definition) is 0. The van der Waals surface area contributed by atoms with Crippen LogP contribution in [0.2, 0.25) is 0 Å². The molecule has 24 heavy (non-hydrogen) atoms. The Morgan fingerprint density at radius 1 is 0.875 bits per heavy atom. The van der Waals surface area contributed by atoms with E-state index in [1.807, 2.05) is 30.3 Å². The summed E-state index contributed by atoms with van der Waals surface area (Å²) in [6.07, 6.45) is 6.24. The highest BCUT2D eigenvalue weighted by Crippen LogP contribution is 2.41. The van der Waals surface area contributed by atoms with Gasteiger partial charge in [-0.3, -0.25) is 0 Å². The van der Waals surface area contributed by atoms with Crippen molar-refractivity contribution in [3.8, 4) is 11.5 Å². The second-order valence-corrected chi connectivity index (χ2v) is 6.67. The van der Waals surface area contributed by atoms with Gasteiger partial charge in [0.15, 0.2) is 0 Å². The third-order valence-corrected chi connectivity index (χ3v) is 5.10. The topological polar surface area (TPSA) is 12.5 Å². The Labute approximate surface area is 146 Å². The van der Waals surface area contributed by atoms with Gasteiger partial charge in [0.1, 0.15) is 11.5 Å². The van der Waals surface area contributed by atoms with Crippen molar-refractivity contribution in [3.63, 3.8) is 0 Å². The largest absolute Gasteiger partial charge is 0.457 e. The second-order valence-electron chi connectivity index (χ2n) is 6.67. The molecule has 0 atom stereocenters. The molecule has 0 bridgehead atoms. The van der Waals surface area contributed by atoms with Crippen LogP contribution < -0.4 is 9.64 Å². The van der Waals surface area contributed by atoms with Gasteiger partial charge in [0, 0.05) is 24.3 Å². The van der Waals surface area contributed by atoms with Gasteiger partial charge in [-0.05, 0) is 62.3 Å². The highest BCUT2D eigenvalue weighted by molar-refractivity contribution is 5.62. The van der Waals surface area contributed by atoms with Crippen LogP contribution in [0.5, 0.6) is 11.5 Å². The minimum atomic E-state index is 0.543. The summed E-state index contributed by atoms with van der Waals surface area (Å²) in [6.45, 7) is 6.91. The molecule has 0 spiro atoms. The smallest absolute Gasteiger partial charge is 0.132 e. The number of anilines is 1. The van der Waals surface area contributed by atoms with Crippen molar-refractivity contribution in [2.75, 3.05) is 18.0 Å². The van der Waals surface area contributed by atoms with Crippen molar-refractivity contribution in [2.45, 2.75) is 51.9 Å². The van der Waals surface area contributed by atoms with Crippen LogP contribution in [0, 0.1) is 0 Å². The van der Waals surface area contributed by atoms with E-state index in [1.54, 1.807) is 0 Å². The fraction of sp³-hybridized carbons (Fsp3) is 0.455. The SMILES string of the molecule is CCC(CC)c1c(Oc2ccccc2)cccc1N1CCCCC1. The van der Waals surface area contributed by atoms with Crippen LogP contribution in [0.25, 0.3) is 0 Å². The summed E-state index contributed by atoms with van der Waals surface area (Å²) in [5, 5.41) is 0. The zero-order valence-electron chi connectivity index (χ0n) is 15.0. The summed E-state index contributed by atoms with van der Waals surface area (Å²) in [6, 6.07) is 16.7. The molecule has 2 heteroatoms. The first kappa shape index (κ1) is 16.9. The van der Waals surface area contributed by atoms with Crippen molar-refractivity contribution in [2.24, 2.45) is 0 Å². The van der Waals surface area contributed by atoms with E-state index in [-0.39, 0.29) is 0 Å². The summed E-state index contributed by atoms with van der Waals surface area (Å²) in [5.74, 6) is 2.49. The third kappa shape index (κ3) is 3.75. The predicted octanol–water partition coefficient (Wildman–Crippen LogP) is 6.37. The molecule has 3 rings (SSSR count). The second kappa shape index (κ2) is 8.23. The van der Waals surface area contributed by atoms with E-state index >= 15 is 0 Å². The van der Waals surface area contributed by atoms with E-state index in [9.17, 15) is 0 Å². The zero-order valence-corrected chi connectivity index (χ0v) is 15.0. The number of ether oxygens (including phenoxy) is 1. The van der Waals surface area contributed by atoms with Gasteiger partial charge in [0.25, 0.3) is 0 Å². The first-order valence-electron chi connectivity index (χ1n) is 9.44. The maximum Gasteiger partial charge on any atom is 0.132 e. The Hall–Kier alpha value is -1.96. The van der Waals surface area contributed by atoms with Gasteiger partial charge in [-0.25, -0.2) is 0 Å². The Kier molecular flexibility index (Phi) is 5.79. The molecule has 2 aromatic rings. The van der Waals surface area contributed by atoms with Crippen molar-refractivity contribution in [1.29, 1.82) is 0 Å². The van der Waals surface area contributed by atoms with E-state index in [1.165, 1.54) is 43.6 Å². The average Bonchev–Trinajstić information content (AvgIpc) is 2.65. The molecule has 1 fully saturated rings. The molecule has 128 valence electrons. The van der Waals surface area contributed by atoms with Gasteiger partial charge in [0.2, 0.25) is 0 Å². The van der Waals surface area contributed by atoms with E-state index in [0.29, 0.717) is 5.92 Å². The Morgan fingerprint density at radius 2 is 1.58 bits per heavy atom. The molecule has 0 aliphatic carbocycles. The lowest BCUT2D eigenvalue weighted by molar-refractivity contribution is 0.464. The number of hydrogen-bond acceptors (Lipinski definition) is 2. The van der Waals surface area contributed by atoms with Crippen molar-refractivity contribution < 1.29 is 4.74 Å². The normalized spacial score (nSPS) is 14.9. The highest BCUT2D eigenvalue weighted by atomic mass is 16.5. The quantitative estimate of drug-likeness (QED) is 0.612. The van der Waals surface area contributed by atoms with Crippen LogP contribution in [0.4, 0.5) is 5.69 Å². The van der Waals surface area contributed by atoms with Crippen LogP contribution >= 0.6 is 0 Å². The van der Waals surface area contributed by atoms with Crippen molar-refractivity contribution in [1.82, 2.24) is 0 Å². The lowest BCUT2D eigenvalue weighted by atomic mass is 9.90. The highest BCUT2D eigenvalue weighted by Gasteiger charge is 2.22. The first-order valence-corrected chi connectivity index (χ1v) is 9.44. The summed E-state index contributed by atoms with van der Waals surface area (Å²) >= 11 is 0. The average molecular weight is 323 g/mol. The van der Waals surface area contributed by atoms with Crippen LogP contribution in [-0.4, -0.2) is 13.1 Å². The molecule has 0 amide bonds. The van der Waals surface area contributed by atoms with Gasteiger partial charge in [-0.1, -0.05) is 38.1 Å². The summed E-state index contributed by atoms with van der Waals surface area (Å²) in [7, 11) is 0. The summed E-state index contributed by atoms with van der Waals surface area (Å²) in [5.41, 5.74) is 2.78. The molecule has 1 heterocycles. The summed E-state index contributed by atoms with van der Waals surface area (Å²) in [4.78, 5) is 2.56. The van der Waals surface area contributed by atoms with Crippen LogP contribution in [-0.2, 0) is 0 Å². The number of nitrogens with zero attached hydrogens (tertiary/aromatic N) is 1. The molecule has 1 saturated heterocycles. The van der Waals surface area contributed by atoms with Gasteiger partial charge < -0.3 is 9.64 Å². The van der Waals surface area contributed by atoms with Crippen LogP contribution in [0.15, 0.2) is 48.5 Å². The molecule has 1 aliphatic heterocycles. The van der Waals surface area contributed by atoms with Gasteiger partial charge in [-0.2, -0.15) is 0 Å². The lowest BCUT2D eigenvalue weighted by Crippen LogP contribution is -2.30. The van der Waals surface area contributed by atoms with E-state index in [4.69, 9.17) is 4.74 Å². The number of para-hydroxylation sites is 1. The van der Waals surface area contributed by atoms with Gasteiger partial charge in [0.05, 0.1) is 0 Å². The first-order chi connectivity index (χ1) is 11.8. The molecule has 0 aromatic heterocycles. The Bertz CT molecular complexity index is 628. The van der Waals surface area contributed by atoms with E-state index in [0.717, 1.165) is 24.3 Å². The fourth-order valence-corrected chi connectivity index (χ4v) is 3.75. The van der Waals surface area contributed by atoms with Crippen molar-refractivity contribution >= 4 is 5.69 Å². The van der Waals surface area contributed by atoms with Crippen LogP contribution in [0.3, 0.4) is 0 Å². The fourth-order valence-electron chi connectivity index (χ4n) is 3.75. The molecular formula is C22H29NO. The van der Waals surface area contributed by atoms with Crippen LogP contribution in [0.1, 0.15) is 57.4 Å². The number of piperidine rings is 1. The predicted molar refractivity (Wildman–Crippen MR) is 102 cm³/mol. The Morgan fingerprint density at radius 3 is 2.25 bits per heavy atom. The Balaban J connectivity index is 2.00. The maximum atomic E-state index is 6.30. The zero-order chi connectivity index (χ0) is 16.8. The standard InChI is InChI=1S/C22H29NO/c1-3-18(4-2)22-20(23-16-9-6-10-17-23)14-11-15-21(22)24-19-12-7-5-8-13-19/h5,7-8,11-15,18H,3-4,6,9-10,16-17H2,1-2H3.